The van der Waals surface area contributed by atoms with Crippen molar-refractivity contribution in [1.82, 2.24) is 15.3 Å². The van der Waals surface area contributed by atoms with Crippen LogP contribution in [0.3, 0.4) is 0 Å². The Kier molecular flexibility index (Phi) is 4.54. The molecular formula is C19H18N4OS. The quantitative estimate of drug-likeness (QED) is 0.733. The van der Waals surface area contributed by atoms with Crippen molar-refractivity contribution in [2.24, 2.45) is 0 Å². The minimum Gasteiger partial charge on any atom is -0.335 e. The Balaban J connectivity index is 1.63. The van der Waals surface area contributed by atoms with Gasteiger partial charge in [0, 0.05) is 36.4 Å². The number of carbonyl (C=O) groups is 1. The van der Waals surface area contributed by atoms with Crippen LogP contribution in [0.4, 0.5) is 5.13 Å². The SMILES string of the molecule is O=CC1C(c2ccccc2)NCCN1c1nc(-c2ccncc2)cs1. The summed E-state index contributed by atoms with van der Waals surface area (Å²) in [4.78, 5) is 22.8. The lowest BCUT2D eigenvalue weighted by molar-refractivity contribution is -0.109. The van der Waals surface area contributed by atoms with Crippen molar-refractivity contribution in [1.29, 1.82) is 0 Å². The van der Waals surface area contributed by atoms with E-state index in [0.29, 0.717) is 0 Å². The van der Waals surface area contributed by atoms with Crippen molar-refractivity contribution >= 4 is 22.8 Å². The first-order valence-corrected chi connectivity index (χ1v) is 9.11. The number of nitrogens with zero attached hydrogens (tertiary/aromatic N) is 3. The van der Waals surface area contributed by atoms with Crippen LogP contribution in [0.25, 0.3) is 11.3 Å². The Hall–Kier alpha value is -2.57. The molecule has 1 N–H and O–H groups in total. The first kappa shape index (κ1) is 15.9. The van der Waals surface area contributed by atoms with Gasteiger partial charge in [0.25, 0.3) is 0 Å². The van der Waals surface area contributed by atoms with Crippen LogP contribution in [0.2, 0.25) is 0 Å². The summed E-state index contributed by atoms with van der Waals surface area (Å²) in [6, 6.07) is 13.7. The Morgan fingerprint density at radius 3 is 2.72 bits per heavy atom. The van der Waals surface area contributed by atoms with Crippen molar-refractivity contribution in [3.05, 3.63) is 65.8 Å². The van der Waals surface area contributed by atoms with E-state index in [1.54, 1.807) is 23.7 Å². The average molecular weight is 350 g/mol. The van der Waals surface area contributed by atoms with Crippen molar-refractivity contribution in [3.8, 4) is 11.3 Å². The molecule has 0 spiro atoms. The van der Waals surface area contributed by atoms with Gasteiger partial charge in [-0.05, 0) is 17.7 Å². The number of aldehydes is 1. The van der Waals surface area contributed by atoms with Gasteiger partial charge in [-0.3, -0.25) is 4.98 Å². The molecule has 0 amide bonds. The Bertz CT molecular complexity index is 837. The number of aromatic nitrogens is 2. The first-order chi connectivity index (χ1) is 12.4. The van der Waals surface area contributed by atoms with Gasteiger partial charge in [-0.1, -0.05) is 30.3 Å². The second-order valence-electron chi connectivity index (χ2n) is 5.91. The molecule has 4 rings (SSSR count). The van der Waals surface area contributed by atoms with Gasteiger partial charge in [0.2, 0.25) is 0 Å². The highest BCUT2D eigenvalue weighted by Gasteiger charge is 2.33. The molecule has 1 aromatic carbocycles. The molecule has 2 aromatic heterocycles. The van der Waals surface area contributed by atoms with E-state index in [0.717, 1.165) is 41.3 Å². The normalized spacial score (nSPS) is 20.4. The van der Waals surface area contributed by atoms with Gasteiger partial charge in [-0.2, -0.15) is 0 Å². The molecule has 2 unspecified atom stereocenters. The first-order valence-electron chi connectivity index (χ1n) is 8.23. The van der Waals surface area contributed by atoms with E-state index >= 15 is 0 Å². The summed E-state index contributed by atoms with van der Waals surface area (Å²) < 4.78 is 0. The molecule has 1 fully saturated rings. The third-order valence-electron chi connectivity index (χ3n) is 4.43. The number of rotatable bonds is 4. The smallest absolute Gasteiger partial charge is 0.186 e. The minimum absolute atomic E-state index is 0.0271. The number of anilines is 1. The van der Waals surface area contributed by atoms with E-state index in [2.05, 4.69) is 27.3 Å². The van der Waals surface area contributed by atoms with Gasteiger partial charge in [-0.15, -0.1) is 11.3 Å². The Labute approximate surface area is 150 Å². The van der Waals surface area contributed by atoms with E-state index < -0.39 is 0 Å². The number of nitrogens with one attached hydrogen (secondary N) is 1. The molecule has 126 valence electrons. The molecule has 1 aliphatic heterocycles. The molecule has 2 atom stereocenters. The molecule has 3 heterocycles. The predicted octanol–water partition coefficient (Wildman–Crippen LogP) is 2.92. The lowest BCUT2D eigenvalue weighted by Crippen LogP contribution is -2.54. The van der Waals surface area contributed by atoms with Crippen LogP contribution in [-0.2, 0) is 4.79 Å². The molecule has 1 saturated heterocycles. The van der Waals surface area contributed by atoms with Gasteiger partial charge in [0.15, 0.2) is 5.13 Å². The third kappa shape index (κ3) is 3.18. The number of thiazole rings is 1. The molecule has 1 aliphatic rings. The fourth-order valence-corrected chi connectivity index (χ4v) is 4.10. The molecule has 0 radical (unpaired) electrons. The lowest BCUT2D eigenvalue weighted by Gasteiger charge is -2.39. The minimum atomic E-state index is -0.271. The summed E-state index contributed by atoms with van der Waals surface area (Å²) in [6.07, 6.45) is 4.55. The molecule has 0 bridgehead atoms. The molecule has 5 nitrogen and oxygen atoms in total. The van der Waals surface area contributed by atoms with Gasteiger partial charge < -0.3 is 15.0 Å². The number of carbonyl (C=O) groups excluding carboxylic acids is 1. The summed E-state index contributed by atoms with van der Waals surface area (Å²) in [5.74, 6) is 0. The number of pyridine rings is 1. The lowest BCUT2D eigenvalue weighted by atomic mass is 9.97. The highest BCUT2D eigenvalue weighted by molar-refractivity contribution is 7.14. The summed E-state index contributed by atoms with van der Waals surface area (Å²) in [5, 5.41) is 6.38. The summed E-state index contributed by atoms with van der Waals surface area (Å²) in [6.45, 7) is 1.57. The van der Waals surface area contributed by atoms with Crippen LogP contribution in [0.1, 0.15) is 11.6 Å². The van der Waals surface area contributed by atoms with Crippen LogP contribution in [0, 0.1) is 0 Å². The molecule has 6 heteroatoms. The van der Waals surface area contributed by atoms with Gasteiger partial charge in [0.1, 0.15) is 12.3 Å². The van der Waals surface area contributed by atoms with Crippen LogP contribution in [0.5, 0.6) is 0 Å². The van der Waals surface area contributed by atoms with Crippen LogP contribution in [0.15, 0.2) is 60.2 Å². The van der Waals surface area contributed by atoms with Crippen molar-refractivity contribution in [2.75, 3.05) is 18.0 Å². The molecular weight excluding hydrogens is 332 g/mol. The van der Waals surface area contributed by atoms with Gasteiger partial charge in [0.05, 0.1) is 11.7 Å². The molecule has 0 saturated carbocycles. The van der Waals surface area contributed by atoms with Crippen LogP contribution >= 0.6 is 11.3 Å². The number of hydrogen-bond acceptors (Lipinski definition) is 6. The maximum absolute atomic E-state index is 11.9. The molecule has 3 aromatic rings. The van der Waals surface area contributed by atoms with Crippen molar-refractivity contribution < 1.29 is 4.79 Å². The monoisotopic (exact) mass is 350 g/mol. The Morgan fingerprint density at radius 1 is 1.16 bits per heavy atom. The average Bonchev–Trinajstić information content (AvgIpc) is 3.19. The van der Waals surface area contributed by atoms with E-state index in [9.17, 15) is 4.79 Å². The second-order valence-corrected chi connectivity index (χ2v) is 6.75. The zero-order valence-corrected chi connectivity index (χ0v) is 14.4. The third-order valence-corrected chi connectivity index (χ3v) is 5.31. The standard InChI is InChI=1S/C19H18N4OS/c24-12-17-18(15-4-2-1-3-5-15)21-10-11-23(17)19-22-16(13-25-19)14-6-8-20-9-7-14/h1-9,12-13,17-18,21H,10-11H2. The maximum Gasteiger partial charge on any atom is 0.186 e. The summed E-state index contributed by atoms with van der Waals surface area (Å²) in [7, 11) is 0. The van der Waals surface area contributed by atoms with Crippen LogP contribution in [-0.4, -0.2) is 35.4 Å². The number of benzene rings is 1. The highest BCUT2D eigenvalue weighted by atomic mass is 32.1. The zero-order chi connectivity index (χ0) is 17.1. The summed E-state index contributed by atoms with van der Waals surface area (Å²) in [5.41, 5.74) is 3.08. The molecule has 25 heavy (non-hydrogen) atoms. The van der Waals surface area contributed by atoms with E-state index in [1.165, 1.54) is 0 Å². The largest absolute Gasteiger partial charge is 0.335 e. The number of piperazine rings is 1. The van der Waals surface area contributed by atoms with Crippen molar-refractivity contribution in [2.45, 2.75) is 12.1 Å². The van der Waals surface area contributed by atoms with E-state index in [1.807, 2.05) is 35.7 Å². The van der Waals surface area contributed by atoms with Gasteiger partial charge >= 0.3 is 0 Å². The van der Waals surface area contributed by atoms with Gasteiger partial charge in [-0.25, -0.2) is 4.98 Å². The van der Waals surface area contributed by atoms with E-state index in [-0.39, 0.29) is 12.1 Å². The Morgan fingerprint density at radius 2 is 1.96 bits per heavy atom. The summed E-state index contributed by atoms with van der Waals surface area (Å²) >= 11 is 1.57. The predicted molar refractivity (Wildman–Crippen MR) is 99.7 cm³/mol. The molecule has 0 aliphatic carbocycles. The van der Waals surface area contributed by atoms with Crippen molar-refractivity contribution in [3.63, 3.8) is 0 Å². The van der Waals surface area contributed by atoms with Crippen LogP contribution < -0.4 is 10.2 Å². The second kappa shape index (κ2) is 7.13. The highest BCUT2D eigenvalue weighted by Crippen LogP contribution is 2.32. The van der Waals surface area contributed by atoms with E-state index in [4.69, 9.17) is 4.98 Å². The maximum atomic E-state index is 11.9. The fourth-order valence-electron chi connectivity index (χ4n) is 3.19. The topological polar surface area (TPSA) is 58.1 Å². The zero-order valence-electron chi connectivity index (χ0n) is 13.6. The fraction of sp³-hybridized carbons (Fsp3) is 0.211. The number of hydrogen-bond donors (Lipinski definition) is 1.